The predicted molar refractivity (Wildman–Crippen MR) is 65.5 cm³/mol. The van der Waals surface area contributed by atoms with Crippen LogP contribution in [0.2, 0.25) is 0 Å². The van der Waals surface area contributed by atoms with Crippen molar-refractivity contribution in [3.05, 3.63) is 34.9 Å². The molecule has 1 atom stereocenters. The molecule has 6 nitrogen and oxygen atoms in total. The average Bonchev–Trinajstić information content (AvgIpc) is 2.85. The molecule has 1 aliphatic rings. The summed E-state index contributed by atoms with van der Waals surface area (Å²) in [6.45, 7) is 1.19. The van der Waals surface area contributed by atoms with E-state index in [1.807, 2.05) is 6.07 Å². The highest BCUT2D eigenvalue weighted by atomic mass is 16.5. The summed E-state index contributed by atoms with van der Waals surface area (Å²) in [5.41, 5.74) is 2.59. The van der Waals surface area contributed by atoms with Crippen LogP contribution in [0.4, 0.5) is 0 Å². The molecule has 19 heavy (non-hydrogen) atoms. The smallest absolute Gasteiger partial charge is 0.332 e. The van der Waals surface area contributed by atoms with Gasteiger partial charge in [-0.05, 0) is 23.3 Å². The van der Waals surface area contributed by atoms with Gasteiger partial charge in [0.05, 0.1) is 13.2 Å². The summed E-state index contributed by atoms with van der Waals surface area (Å²) in [5, 5.41) is 20.1. The molecule has 0 aromatic heterocycles. The molecule has 0 radical (unpaired) electrons. The summed E-state index contributed by atoms with van der Waals surface area (Å²) in [4.78, 5) is 22.2. The normalized spacial score (nSPS) is 14.8. The van der Waals surface area contributed by atoms with E-state index in [-0.39, 0.29) is 18.9 Å². The quantitative estimate of drug-likeness (QED) is 0.710. The molecule has 1 aromatic rings. The SMILES string of the molecule is O=C(NCCC(O)C(=O)O)c1ccc2c(c1)COC2. The van der Waals surface area contributed by atoms with E-state index in [9.17, 15) is 9.59 Å². The number of carboxylic acid groups (broad SMARTS) is 1. The van der Waals surface area contributed by atoms with E-state index in [1.165, 1.54) is 0 Å². The van der Waals surface area contributed by atoms with E-state index in [1.54, 1.807) is 12.1 Å². The number of fused-ring (bicyclic) bond motifs is 1. The third kappa shape index (κ3) is 3.30. The van der Waals surface area contributed by atoms with E-state index >= 15 is 0 Å². The first-order valence-corrected chi connectivity index (χ1v) is 5.96. The molecule has 2 rings (SSSR count). The van der Waals surface area contributed by atoms with Crippen molar-refractivity contribution in [1.82, 2.24) is 5.32 Å². The maximum atomic E-state index is 11.8. The zero-order valence-corrected chi connectivity index (χ0v) is 10.3. The van der Waals surface area contributed by atoms with Gasteiger partial charge in [-0.1, -0.05) is 6.07 Å². The minimum absolute atomic E-state index is 0.0187. The number of hydrogen-bond acceptors (Lipinski definition) is 4. The summed E-state index contributed by atoms with van der Waals surface area (Å²) < 4.78 is 5.26. The maximum absolute atomic E-state index is 11.8. The highest BCUT2D eigenvalue weighted by molar-refractivity contribution is 5.94. The van der Waals surface area contributed by atoms with Crippen LogP contribution in [-0.4, -0.2) is 34.7 Å². The van der Waals surface area contributed by atoms with Crippen molar-refractivity contribution in [1.29, 1.82) is 0 Å². The topological polar surface area (TPSA) is 95.9 Å². The average molecular weight is 265 g/mol. The third-order valence-corrected chi connectivity index (χ3v) is 2.97. The van der Waals surface area contributed by atoms with Gasteiger partial charge in [0.1, 0.15) is 0 Å². The number of amides is 1. The lowest BCUT2D eigenvalue weighted by Crippen LogP contribution is -2.30. The van der Waals surface area contributed by atoms with Gasteiger partial charge in [0.2, 0.25) is 0 Å². The van der Waals surface area contributed by atoms with Crippen molar-refractivity contribution < 1.29 is 24.5 Å². The van der Waals surface area contributed by atoms with Gasteiger partial charge < -0.3 is 20.3 Å². The van der Waals surface area contributed by atoms with E-state index < -0.39 is 12.1 Å². The molecule has 102 valence electrons. The van der Waals surface area contributed by atoms with Crippen LogP contribution < -0.4 is 5.32 Å². The summed E-state index contributed by atoms with van der Waals surface area (Å²) in [5.74, 6) is -1.57. The lowest BCUT2D eigenvalue weighted by molar-refractivity contribution is -0.146. The zero-order valence-electron chi connectivity index (χ0n) is 10.3. The fourth-order valence-corrected chi connectivity index (χ4v) is 1.86. The summed E-state index contributed by atoms with van der Waals surface area (Å²) in [6.07, 6.45) is -1.47. The lowest BCUT2D eigenvalue weighted by atomic mass is 10.1. The number of carboxylic acids is 1. The Balaban J connectivity index is 1.88. The Hall–Kier alpha value is -1.92. The van der Waals surface area contributed by atoms with Crippen molar-refractivity contribution in [2.75, 3.05) is 6.54 Å². The van der Waals surface area contributed by atoms with Crippen molar-refractivity contribution >= 4 is 11.9 Å². The Morgan fingerprint density at radius 2 is 2.05 bits per heavy atom. The van der Waals surface area contributed by atoms with Crippen LogP contribution in [-0.2, 0) is 22.7 Å². The van der Waals surface area contributed by atoms with Crippen LogP contribution >= 0.6 is 0 Å². The molecule has 0 bridgehead atoms. The van der Waals surface area contributed by atoms with Crippen molar-refractivity contribution in [2.24, 2.45) is 0 Å². The zero-order chi connectivity index (χ0) is 13.8. The maximum Gasteiger partial charge on any atom is 0.332 e. The minimum Gasteiger partial charge on any atom is -0.479 e. The third-order valence-electron chi connectivity index (χ3n) is 2.97. The van der Waals surface area contributed by atoms with Gasteiger partial charge in [0.15, 0.2) is 6.10 Å². The standard InChI is InChI=1S/C13H15NO5/c15-11(13(17)18)3-4-14-12(16)8-1-2-9-6-19-7-10(9)5-8/h1-2,5,11,15H,3-4,6-7H2,(H,14,16)(H,17,18). The number of ether oxygens (including phenoxy) is 1. The second-order valence-corrected chi connectivity index (χ2v) is 4.37. The minimum atomic E-state index is -1.45. The monoisotopic (exact) mass is 265 g/mol. The Morgan fingerprint density at radius 3 is 2.79 bits per heavy atom. The first-order chi connectivity index (χ1) is 9.08. The number of carbonyl (C=O) groups is 2. The van der Waals surface area contributed by atoms with Gasteiger partial charge in [0, 0.05) is 18.5 Å². The van der Waals surface area contributed by atoms with Crippen molar-refractivity contribution in [2.45, 2.75) is 25.7 Å². The molecule has 0 fully saturated rings. The van der Waals surface area contributed by atoms with Gasteiger partial charge in [0.25, 0.3) is 5.91 Å². The molecule has 0 saturated heterocycles. The molecule has 1 unspecified atom stereocenters. The molecule has 3 N–H and O–H groups in total. The molecule has 0 spiro atoms. The molecule has 0 saturated carbocycles. The molecule has 1 aromatic carbocycles. The number of hydrogen-bond donors (Lipinski definition) is 3. The van der Waals surface area contributed by atoms with Gasteiger partial charge in [-0.2, -0.15) is 0 Å². The summed E-state index contributed by atoms with van der Waals surface area (Å²) >= 11 is 0. The van der Waals surface area contributed by atoms with E-state index in [4.69, 9.17) is 14.9 Å². The fourth-order valence-electron chi connectivity index (χ4n) is 1.86. The lowest BCUT2D eigenvalue weighted by Gasteiger charge is -2.08. The molecule has 0 aliphatic carbocycles. The Bertz CT molecular complexity index is 500. The van der Waals surface area contributed by atoms with Crippen LogP contribution in [0.5, 0.6) is 0 Å². The molecule has 1 amide bonds. The number of aliphatic hydroxyl groups is 1. The Labute approximate surface area is 110 Å². The van der Waals surface area contributed by atoms with Crippen LogP contribution in [0, 0.1) is 0 Å². The van der Waals surface area contributed by atoms with Gasteiger partial charge in [-0.25, -0.2) is 4.79 Å². The highest BCUT2D eigenvalue weighted by Crippen LogP contribution is 2.20. The van der Waals surface area contributed by atoms with Gasteiger partial charge in [-0.3, -0.25) is 4.79 Å². The molecular formula is C13H15NO5. The van der Waals surface area contributed by atoms with Crippen LogP contribution in [0.3, 0.4) is 0 Å². The van der Waals surface area contributed by atoms with Crippen LogP contribution in [0.15, 0.2) is 18.2 Å². The number of aliphatic carboxylic acids is 1. The fraction of sp³-hybridized carbons (Fsp3) is 0.385. The van der Waals surface area contributed by atoms with E-state index in [0.717, 1.165) is 11.1 Å². The number of carbonyl (C=O) groups excluding carboxylic acids is 1. The van der Waals surface area contributed by atoms with E-state index in [2.05, 4.69) is 5.32 Å². The van der Waals surface area contributed by atoms with Crippen molar-refractivity contribution in [3.63, 3.8) is 0 Å². The number of rotatable bonds is 5. The molecule has 6 heteroatoms. The Kier molecular flexibility index (Phi) is 4.13. The van der Waals surface area contributed by atoms with Gasteiger partial charge in [-0.15, -0.1) is 0 Å². The first kappa shape index (κ1) is 13.5. The van der Waals surface area contributed by atoms with Gasteiger partial charge >= 0.3 is 5.97 Å². The predicted octanol–water partition coefficient (Wildman–Crippen LogP) is 0.282. The first-order valence-electron chi connectivity index (χ1n) is 5.96. The molecular weight excluding hydrogens is 250 g/mol. The number of nitrogens with one attached hydrogen (secondary N) is 1. The molecule has 1 aliphatic heterocycles. The van der Waals surface area contributed by atoms with Crippen molar-refractivity contribution in [3.8, 4) is 0 Å². The summed E-state index contributed by atoms with van der Waals surface area (Å²) in [6, 6.07) is 5.32. The summed E-state index contributed by atoms with van der Waals surface area (Å²) in [7, 11) is 0. The number of aliphatic hydroxyl groups excluding tert-OH is 1. The Morgan fingerprint density at radius 1 is 1.32 bits per heavy atom. The number of benzene rings is 1. The van der Waals surface area contributed by atoms with E-state index in [0.29, 0.717) is 18.8 Å². The molecule has 1 heterocycles. The van der Waals surface area contributed by atoms with Crippen LogP contribution in [0.1, 0.15) is 27.9 Å². The highest BCUT2D eigenvalue weighted by Gasteiger charge is 2.15. The van der Waals surface area contributed by atoms with Crippen LogP contribution in [0.25, 0.3) is 0 Å². The second kappa shape index (κ2) is 5.81. The second-order valence-electron chi connectivity index (χ2n) is 4.37. The largest absolute Gasteiger partial charge is 0.479 e.